The van der Waals surface area contributed by atoms with Crippen molar-refractivity contribution in [2.24, 2.45) is 0 Å². The standard InChI is InChI=1S/C34H68N2/c1-4-7-10-13-15-17-18-19-20-21-23-25-28-31-36-33-32-35(30-27-12-9-6-3)34(36)29-26-24-22-16-14-11-8-5-2/h32-34H,4-31H2,1-3H3. The topological polar surface area (TPSA) is 6.48 Å². The van der Waals surface area contributed by atoms with Crippen LogP contribution in [-0.2, 0) is 0 Å². The Kier molecular flexibility index (Phi) is 24.1. The first-order valence-corrected chi connectivity index (χ1v) is 17.0. The van der Waals surface area contributed by atoms with E-state index in [1.54, 1.807) is 0 Å². The van der Waals surface area contributed by atoms with Crippen LogP contribution in [0.3, 0.4) is 0 Å². The monoisotopic (exact) mass is 505 g/mol. The van der Waals surface area contributed by atoms with Gasteiger partial charge in [0.05, 0.1) is 0 Å². The van der Waals surface area contributed by atoms with E-state index >= 15 is 0 Å². The van der Waals surface area contributed by atoms with Crippen LogP contribution in [0, 0.1) is 0 Å². The predicted octanol–water partition coefficient (Wildman–Crippen LogP) is 11.6. The molecule has 2 nitrogen and oxygen atoms in total. The Labute approximate surface area is 229 Å². The first-order chi connectivity index (χ1) is 17.8. The van der Waals surface area contributed by atoms with E-state index in [0.29, 0.717) is 6.17 Å². The van der Waals surface area contributed by atoms with Crippen LogP contribution in [0.15, 0.2) is 12.4 Å². The summed E-state index contributed by atoms with van der Waals surface area (Å²) in [7, 11) is 0. The van der Waals surface area contributed by atoms with E-state index in [2.05, 4.69) is 43.0 Å². The van der Waals surface area contributed by atoms with E-state index in [0.717, 1.165) is 0 Å². The highest BCUT2D eigenvalue weighted by Crippen LogP contribution is 2.24. The average molecular weight is 505 g/mol. The van der Waals surface area contributed by atoms with E-state index < -0.39 is 0 Å². The SMILES string of the molecule is CCCCCCCCCCCCCCCN1C=CN(CCCCCC)C1CCCCCCCCCC. The number of hydrogen-bond donors (Lipinski definition) is 0. The van der Waals surface area contributed by atoms with Crippen molar-refractivity contribution in [2.75, 3.05) is 13.1 Å². The van der Waals surface area contributed by atoms with Gasteiger partial charge in [0.2, 0.25) is 0 Å². The van der Waals surface area contributed by atoms with E-state index in [1.165, 1.54) is 180 Å². The Hall–Kier alpha value is -0.660. The van der Waals surface area contributed by atoms with Gasteiger partial charge in [-0.2, -0.15) is 0 Å². The fraction of sp³-hybridized carbons (Fsp3) is 0.941. The maximum Gasteiger partial charge on any atom is 0.101 e. The third-order valence-electron chi connectivity index (χ3n) is 8.32. The first-order valence-electron chi connectivity index (χ1n) is 17.0. The van der Waals surface area contributed by atoms with Crippen molar-refractivity contribution in [3.8, 4) is 0 Å². The third kappa shape index (κ3) is 18.6. The largest absolute Gasteiger partial charge is 0.356 e. The minimum Gasteiger partial charge on any atom is -0.356 e. The molecular formula is C34H68N2. The molecule has 0 N–H and O–H groups in total. The van der Waals surface area contributed by atoms with Crippen LogP contribution in [0.4, 0.5) is 0 Å². The highest BCUT2D eigenvalue weighted by molar-refractivity contribution is 4.97. The lowest BCUT2D eigenvalue weighted by Crippen LogP contribution is -2.39. The fourth-order valence-corrected chi connectivity index (χ4v) is 5.83. The van der Waals surface area contributed by atoms with Gasteiger partial charge in [0.1, 0.15) is 6.17 Å². The summed E-state index contributed by atoms with van der Waals surface area (Å²) in [6, 6.07) is 0. The Morgan fingerprint density at radius 3 is 1.00 bits per heavy atom. The van der Waals surface area contributed by atoms with Crippen LogP contribution in [0.1, 0.15) is 188 Å². The van der Waals surface area contributed by atoms with Crippen molar-refractivity contribution in [2.45, 2.75) is 194 Å². The Bertz CT molecular complexity index is 460. The summed E-state index contributed by atoms with van der Waals surface area (Å²) in [5.74, 6) is 0. The van der Waals surface area contributed by atoms with Gasteiger partial charge in [-0.15, -0.1) is 0 Å². The predicted molar refractivity (Wildman–Crippen MR) is 163 cm³/mol. The van der Waals surface area contributed by atoms with E-state index in [9.17, 15) is 0 Å². The van der Waals surface area contributed by atoms with Gasteiger partial charge in [-0.1, -0.05) is 162 Å². The molecule has 1 atom stereocenters. The molecule has 0 bridgehead atoms. The summed E-state index contributed by atoms with van der Waals surface area (Å²) in [6.07, 6.45) is 42.5. The molecule has 0 saturated heterocycles. The second-order valence-electron chi connectivity index (χ2n) is 11.8. The minimum absolute atomic E-state index is 0.643. The second-order valence-corrected chi connectivity index (χ2v) is 11.8. The lowest BCUT2D eigenvalue weighted by atomic mass is 10.0. The lowest BCUT2D eigenvalue weighted by molar-refractivity contribution is 0.135. The maximum atomic E-state index is 2.69. The highest BCUT2D eigenvalue weighted by atomic mass is 15.4. The Balaban J connectivity index is 2.15. The van der Waals surface area contributed by atoms with E-state index in [-0.39, 0.29) is 0 Å². The Morgan fingerprint density at radius 2 is 0.639 bits per heavy atom. The molecule has 0 amide bonds. The maximum absolute atomic E-state index is 2.69. The van der Waals surface area contributed by atoms with Crippen molar-refractivity contribution >= 4 is 0 Å². The molecule has 214 valence electrons. The average Bonchev–Trinajstić information content (AvgIpc) is 3.27. The van der Waals surface area contributed by atoms with Crippen LogP contribution < -0.4 is 0 Å². The molecule has 0 saturated carbocycles. The molecule has 36 heavy (non-hydrogen) atoms. The molecule has 0 aromatic carbocycles. The summed E-state index contributed by atoms with van der Waals surface area (Å²) >= 11 is 0. The summed E-state index contributed by atoms with van der Waals surface area (Å²) in [4.78, 5) is 5.37. The summed E-state index contributed by atoms with van der Waals surface area (Å²) in [5, 5.41) is 0. The van der Waals surface area contributed by atoms with Gasteiger partial charge in [0.15, 0.2) is 0 Å². The summed E-state index contributed by atoms with van der Waals surface area (Å²) < 4.78 is 0. The first kappa shape index (κ1) is 33.4. The quantitative estimate of drug-likeness (QED) is 0.0977. The molecule has 1 rings (SSSR count). The van der Waals surface area contributed by atoms with Gasteiger partial charge in [-0.3, -0.25) is 0 Å². The molecule has 1 heterocycles. The van der Waals surface area contributed by atoms with E-state index in [1.807, 2.05) is 0 Å². The highest BCUT2D eigenvalue weighted by Gasteiger charge is 2.24. The van der Waals surface area contributed by atoms with Crippen LogP contribution in [0.25, 0.3) is 0 Å². The zero-order valence-corrected chi connectivity index (χ0v) is 25.4. The van der Waals surface area contributed by atoms with Crippen molar-refractivity contribution in [1.82, 2.24) is 9.80 Å². The number of unbranched alkanes of at least 4 members (excludes halogenated alkanes) is 22. The molecule has 1 aliphatic heterocycles. The van der Waals surface area contributed by atoms with Crippen LogP contribution in [-0.4, -0.2) is 29.1 Å². The van der Waals surface area contributed by atoms with Crippen LogP contribution in [0.5, 0.6) is 0 Å². The van der Waals surface area contributed by atoms with Gasteiger partial charge in [0, 0.05) is 25.5 Å². The smallest absolute Gasteiger partial charge is 0.101 e. The molecule has 1 aliphatic rings. The summed E-state index contributed by atoms with van der Waals surface area (Å²) in [6.45, 7) is 9.46. The van der Waals surface area contributed by atoms with Crippen LogP contribution >= 0.6 is 0 Å². The normalized spacial score (nSPS) is 15.5. The molecule has 0 aliphatic carbocycles. The number of nitrogens with zero attached hydrogens (tertiary/aromatic N) is 2. The molecule has 0 fully saturated rings. The van der Waals surface area contributed by atoms with Gasteiger partial charge >= 0.3 is 0 Å². The molecule has 0 aromatic rings. The summed E-state index contributed by atoms with van der Waals surface area (Å²) in [5.41, 5.74) is 0. The number of rotatable bonds is 28. The van der Waals surface area contributed by atoms with Crippen molar-refractivity contribution in [3.05, 3.63) is 12.4 Å². The fourth-order valence-electron chi connectivity index (χ4n) is 5.83. The zero-order chi connectivity index (χ0) is 25.9. The van der Waals surface area contributed by atoms with Crippen molar-refractivity contribution in [1.29, 1.82) is 0 Å². The second kappa shape index (κ2) is 26.0. The van der Waals surface area contributed by atoms with Crippen LogP contribution in [0.2, 0.25) is 0 Å². The van der Waals surface area contributed by atoms with Gasteiger partial charge in [-0.25, -0.2) is 0 Å². The van der Waals surface area contributed by atoms with Crippen molar-refractivity contribution < 1.29 is 0 Å². The molecule has 0 radical (unpaired) electrons. The van der Waals surface area contributed by atoms with Crippen molar-refractivity contribution in [3.63, 3.8) is 0 Å². The van der Waals surface area contributed by atoms with E-state index in [4.69, 9.17) is 0 Å². The minimum atomic E-state index is 0.643. The molecule has 0 spiro atoms. The lowest BCUT2D eigenvalue weighted by Gasteiger charge is -2.33. The van der Waals surface area contributed by atoms with Gasteiger partial charge in [-0.05, 0) is 25.7 Å². The van der Waals surface area contributed by atoms with Gasteiger partial charge in [0.25, 0.3) is 0 Å². The Morgan fingerprint density at radius 1 is 0.361 bits per heavy atom. The zero-order valence-electron chi connectivity index (χ0n) is 25.4. The molecule has 1 unspecified atom stereocenters. The molecule has 2 heteroatoms. The molecular weight excluding hydrogens is 436 g/mol. The third-order valence-corrected chi connectivity index (χ3v) is 8.32. The molecule has 0 aromatic heterocycles. The number of hydrogen-bond acceptors (Lipinski definition) is 2. The van der Waals surface area contributed by atoms with Gasteiger partial charge < -0.3 is 9.80 Å².